The van der Waals surface area contributed by atoms with Crippen molar-refractivity contribution in [3.63, 3.8) is 0 Å². The predicted octanol–water partition coefficient (Wildman–Crippen LogP) is 2.09. The Labute approximate surface area is 106 Å². The topological polar surface area (TPSA) is 68.4 Å². The highest BCUT2D eigenvalue weighted by Crippen LogP contribution is 2.40. The molecule has 0 spiro atoms. The third-order valence-corrected chi connectivity index (χ3v) is 3.69. The number of methoxy groups -OCH3 is 1. The zero-order chi connectivity index (χ0) is 12.5. The summed E-state index contributed by atoms with van der Waals surface area (Å²) in [5.41, 5.74) is 5.53. The number of aromatic nitrogens is 1. The van der Waals surface area contributed by atoms with Crippen LogP contribution in [0, 0.1) is 0 Å². The van der Waals surface area contributed by atoms with Gasteiger partial charge in [0.15, 0.2) is 0 Å². The number of nitrogens with two attached hydrogens (primary N) is 1. The fraction of sp³-hybridized carbons (Fsp3) is 0.583. The summed E-state index contributed by atoms with van der Waals surface area (Å²) in [6.45, 7) is 0. The number of ether oxygens (including phenoxy) is 1. The van der Waals surface area contributed by atoms with Crippen molar-refractivity contribution < 1.29 is 9.84 Å². The van der Waals surface area contributed by atoms with E-state index in [1.807, 2.05) is 0 Å². The van der Waals surface area contributed by atoms with Gasteiger partial charge in [-0.3, -0.25) is 0 Å². The number of pyridine rings is 1. The minimum absolute atomic E-state index is 0.226. The predicted molar refractivity (Wildman–Crippen MR) is 66.8 cm³/mol. The molecular weight excluding hydrogens is 240 g/mol. The van der Waals surface area contributed by atoms with E-state index in [0.29, 0.717) is 29.2 Å². The van der Waals surface area contributed by atoms with E-state index < -0.39 is 5.60 Å². The van der Waals surface area contributed by atoms with Gasteiger partial charge in [0.05, 0.1) is 16.7 Å². The van der Waals surface area contributed by atoms with Crippen LogP contribution in [-0.4, -0.2) is 23.3 Å². The van der Waals surface area contributed by atoms with Crippen LogP contribution in [0.3, 0.4) is 0 Å². The Morgan fingerprint density at radius 1 is 1.53 bits per heavy atom. The van der Waals surface area contributed by atoms with Crippen molar-refractivity contribution in [2.24, 2.45) is 0 Å². The highest BCUT2D eigenvalue weighted by atomic mass is 35.5. The van der Waals surface area contributed by atoms with Crippen molar-refractivity contribution >= 4 is 17.4 Å². The van der Waals surface area contributed by atoms with E-state index in [-0.39, 0.29) is 6.10 Å². The summed E-state index contributed by atoms with van der Waals surface area (Å²) in [6.07, 6.45) is 4.60. The molecule has 17 heavy (non-hydrogen) atoms. The van der Waals surface area contributed by atoms with E-state index in [1.54, 1.807) is 13.2 Å². The quantitative estimate of drug-likeness (QED) is 0.850. The average molecular weight is 257 g/mol. The van der Waals surface area contributed by atoms with Crippen molar-refractivity contribution in [1.29, 1.82) is 0 Å². The highest BCUT2D eigenvalue weighted by Gasteiger charge is 2.36. The molecule has 3 N–H and O–H groups in total. The molecule has 0 saturated heterocycles. The van der Waals surface area contributed by atoms with Gasteiger partial charge in [0.25, 0.3) is 0 Å². The number of hydrogen-bond donors (Lipinski definition) is 2. The molecule has 1 aromatic rings. The Morgan fingerprint density at radius 2 is 2.18 bits per heavy atom. The molecule has 1 saturated carbocycles. The van der Waals surface area contributed by atoms with E-state index in [0.717, 1.165) is 12.8 Å². The monoisotopic (exact) mass is 256 g/mol. The maximum Gasteiger partial charge on any atom is 0.129 e. The molecule has 1 heterocycles. The maximum absolute atomic E-state index is 10.6. The second-order valence-corrected chi connectivity index (χ2v) is 4.99. The van der Waals surface area contributed by atoms with Gasteiger partial charge in [-0.05, 0) is 31.7 Å². The van der Waals surface area contributed by atoms with Gasteiger partial charge < -0.3 is 15.6 Å². The lowest BCUT2D eigenvalue weighted by molar-refractivity contribution is -0.0471. The zero-order valence-corrected chi connectivity index (χ0v) is 10.6. The number of aliphatic hydroxyl groups is 1. The molecule has 1 aliphatic carbocycles. The van der Waals surface area contributed by atoms with Crippen molar-refractivity contribution in [1.82, 2.24) is 4.98 Å². The van der Waals surface area contributed by atoms with Gasteiger partial charge in [-0.1, -0.05) is 11.6 Å². The number of nitrogen functional groups attached to an aromatic ring is 1. The number of anilines is 1. The lowest BCUT2D eigenvalue weighted by Crippen LogP contribution is -2.34. The fourth-order valence-corrected chi connectivity index (χ4v) is 2.55. The molecule has 0 aromatic carbocycles. The Morgan fingerprint density at radius 3 is 2.76 bits per heavy atom. The minimum atomic E-state index is -0.920. The largest absolute Gasteiger partial charge is 0.385 e. The summed E-state index contributed by atoms with van der Waals surface area (Å²) < 4.78 is 5.29. The third kappa shape index (κ3) is 2.54. The first kappa shape index (κ1) is 12.6. The SMILES string of the molecule is COC1CCC(O)(c2cc(Cl)cnc2N)CC1. The van der Waals surface area contributed by atoms with Crippen molar-refractivity contribution in [2.75, 3.05) is 12.8 Å². The van der Waals surface area contributed by atoms with Crippen molar-refractivity contribution in [2.45, 2.75) is 37.4 Å². The van der Waals surface area contributed by atoms with Crippen LogP contribution in [0.1, 0.15) is 31.2 Å². The van der Waals surface area contributed by atoms with Gasteiger partial charge in [0, 0.05) is 18.9 Å². The van der Waals surface area contributed by atoms with E-state index in [4.69, 9.17) is 22.1 Å². The summed E-state index contributed by atoms with van der Waals surface area (Å²) in [7, 11) is 1.70. The normalized spacial score (nSPS) is 29.2. The van der Waals surface area contributed by atoms with E-state index in [2.05, 4.69) is 4.98 Å². The third-order valence-electron chi connectivity index (χ3n) is 3.48. The molecule has 0 unspecified atom stereocenters. The van der Waals surface area contributed by atoms with E-state index in [9.17, 15) is 5.11 Å². The number of nitrogens with zero attached hydrogens (tertiary/aromatic N) is 1. The Bertz CT molecular complexity index is 403. The van der Waals surface area contributed by atoms with Crippen LogP contribution in [0.15, 0.2) is 12.3 Å². The summed E-state index contributed by atoms with van der Waals surface area (Å²) in [4.78, 5) is 3.99. The molecule has 4 nitrogen and oxygen atoms in total. The molecule has 94 valence electrons. The lowest BCUT2D eigenvalue weighted by atomic mass is 9.78. The second kappa shape index (κ2) is 4.80. The summed E-state index contributed by atoms with van der Waals surface area (Å²) in [5, 5.41) is 11.1. The molecule has 2 rings (SSSR count). The molecule has 0 amide bonds. The lowest BCUT2D eigenvalue weighted by Gasteiger charge is -2.36. The Hall–Kier alpha value is -0.840. The van der Waals surface area contributed by atoms with E-state index >= 15 is 0 Å². The molecule has 1 aliphatic rings. The minimum Gasteiger partial charge on any atom is -0.385 e. The molecule has 1 aromatic heterocycles. The molecule has 1 fully saturated rings. The van der Waals surface area contributed by atoms with Crippen LogP contribution >= 0.6 is 11.6 Å². The van der Waals surface area contributed by atoms with E-state index in [1.165, 1.54) is 6.20 Å². The Kier molecular flexibility index (Phi) is 3.56. The molecular formula is C12H17ClN2O2. The van der Waals surface area contributed by atoms with Gasteiger partial charge in [0.2, 0.25) is 0 Å². The molecule has 5 heteroatoms. The smallest absolute Gasteiger partial charge is 0.129 e. The summed E-state index contributed by atoms with van der Waals surface area (Å²) in [6, 6.07) is 1.71. The molecule has 0 atom stereocenters. The van der Waals surface area contributed by atoms with Gasteiger partial charge in [-0.15, -0.1) is 0 Å². The van der Waals surface area contributed by atoms with Crippen LogP contribution in [0.5, 0.6) is 0 Å². The molecule has 0 aliphatic heterocycles. The maximum atomic E-state index is 10.6. The Balaban J connectivity index is 2.24. The van der Waals surface area contributed by atoms with Gasteiger partial charge in [-0.25, -0.2) is 4.98 Å². The summed E-state index contributed by atoms with van der Waals surface area (Å²) >= 11 is 5.90. The second-order valence-electron chi connectivity index (χ2n) is 4.55. The van der Waals surface area contributed by atoms with Crippen molar-refractivity contribution in [3.8, 4) is 0 Å². The van der Waals surface area contributed by atoms with Gasteiger partial charge in [0.1, 0.15) is 5.82 Å². The van der Waals surface area contributed by atoms with Crippen LogP contribution in [0.4, 0.5) is 5.82 Å². The average Bonchev–Trinajstić information content (AvgIpc) is 2.33. The number of rotatable bonds is 2. The standard InChI is InChI=1S/C12H17ClN2O2/c1-17-9-2-4-12(16,5-3-9)10-6-8(13)7-15-11(10)14/h6-7,9,16H,2-5H2,1H3,(H2,14,15). The zero-order valence-electron chi connectivity index (χ0n) is 9.82. The fourth-order valence-electron chi connectivity index (χ4n) is 2.40. The summed E-state index contributed by atoms with van der Waals surface area (Å²) in [5.74, 6) is 0.354. The molecule has 0 radical (unpaired) electrons. The molecule has 0 bridgehead atoms. The van der Waals surface area contributed by atoms with Crippen LogP contribution in [0.25, 0.3) is 0 Å². The van der Waals surface area contributed by atoms with Crippen molar-refractivity contribution in [3.05, 3.63) is 22.8 Å². The number of halogens is 1. The van der Waals surface area contributed by atoms with Crippen LogP contribution in [-0.2, 0) is 10.3 Å². The van der Waals surface area contributed by atoms with Crippen LogP contribution in [0.2, 0.25) is 5.02 Å². The van der Waals surface area contributed by atoms with Gasteiger partial charge >= 0.3 is 0 Å². The first-order chi connectivity index (χ1) is 8.05. The van der Waals surface area contributed by atoms with Gasteiger partial charge in [-0.2, -0.15) is 0 Å². The first-order valence-electron chi connectivity index (χ1n) is 5.72. The highest BCUT2D eigenvalue weighted by molar-refractivity contribution is 6.30. The first-order valence-corrected chi connectivity index (χ1v) is 6.09. The van der Waals surface area contributed by atoms with Crippen LogP contribution < -0.4 is 5.73 Å². The number of hydrogen-bond acceptors (Lipinski definition) is 4.